The molecule has 0 aromatic heterocycles. The second kappa shape index (κ2) is 17.0. The van der Waals surface area contributed by atoms with E-state index in [1.54, 1.807) is 0 Å². The number of unbranched alkanes of at least 4 members (excludes halogenated alkanes) is 9. The van der Waals surface area contributed by atoms with Gasteiger partial charge in [-0.2, -0.15) is 0 Å². The summed E-state index contributed by atoms with van der Waals surface area (Å²) in [6.07, 6.45) is 15.8. The Balaban J connectivity index is 3.41. The first-order valence-electron chi connectivity index (χ1n) is 10.3. The van der Waals surface area contributed by atoms with E-state index in [2.05, 4.69) is 20.8 Å². The summed E-state index contributed by atoms with van der Waals surface area (Å²) in [7, 11) is 0. The van der Waals surface area contributed by atoms with Crippen molar-refractivity contribution in [1.82, 2.24) is 0 Å². The lowest BCUT2D eigenvalue weighted by molar-refractivity contribution is -0.159. The van der Waals surface area contributed by atoms with Crippen molar-refractivity contribution in [1.29, 1.82) is 0 Å². The maximum absolute atomic E-state index is 11.6. The van der Waals surface area contributed by atoms with Crippen LogP contribution < -0.4 is 0 Å². The fourth-order valence-electron chi connectivity index (χ4n) is 2.78. The average molecular weight is 341 g/mol. The van der Waals surface area contributed by atoms with Crippen LogP contribution in [0.5, 0.6) is 0 Å². The zero-order valence-corrected chi connectivity index (χ0v) is 16.4. The van der Waals surface area contributed by atoms with Crippen molar-refractivity contribution in [3.8, 4) is 0 Å². The number of carbonyl (C=O) groups excluding carboxylic acids is 2. The van der Waals surface area contributed by atoms with Crippen LogP contribution in [0.2, 0.25) is 0 Å². The van der Waals surface area contributed by atoms with Gasteiger partial charge in [-0.1, -0.05) is 91.4 Å². The fourth-order valence-corrected chi connectivity index (χ4v) is 2.78. The third-order valence-corrected chi connectivity index (χ3v) is 4.74. The van der Waals surface area contributed by atoms with Crippen LogP contribution in [0.4, 0.5) is 0 Å². The van der Waals surface area contributed by atoms with Gasteiger partial charge in [0, 0.05) is 12.8 Å². The lowest BCUT2D eigenvalue weighted by atomic mass is 10.0. The number of hydrogen-bond donors (Lipinski definition) is 0. The molecule has 0 radical (unpaired) electrons. The largest absolute Gasteiger partial charge is 0.393 e. The van der Waals surface area contributed by atoms with Gasteiger partial charge >= 0.3 is 11.9 Å². The highest BCUT2D eigenvalue weighted by Gasteiger charge is 2.09. The minimum Gasteiger partial charge on any atom is -0.393 e. The standard InChI is InChI=1S/C21H40O3/c1-4-6-7-8-9-10-14-17-20(22)24-21(23)18-15-12-11-13-16-19(3)5-2/h19H,4-18H2,1-3H3. The molecule has 0 fully saturated rings. The molecule has 0 rings (SSSR count). The average Bonchev–Trinajstić information content (AvgIpc) is 2.56. The van der Waals surface area contributed by atoms with Gasteiger partial charge in [0.05, 0.1) is 0 Å². The molecule has 0 N–H and O–H groups in total. The molecular formula is C21H40O3. The smallest absolute Gasteiger partial charge is 0.313 e. The van der Waals surface area contributed by atoms with Crippen LogP contribution in [-0.2, 0) is 14.3 Å². The monoisotopic (exact) mass is 340 g/mol. The van der Waals surface area contributed by atoms with Crippen LogP contribution in [0.1, 0.15) is 117 Å². The van der Waals surface area contributed by atoms with Crippen LogP contribution in [0, 0.1) is 5.92 Å². The first-order valence-corrected chi connectivity index (χ1v) is 10.3. The second-order valence-corrected chi connectivity index (χ2v) is 7.18. The predicted molar refractivity (Wildman–Crippen MR) is 101 cm³/mol. The molecule has 1 unspecified atom stereocenters. The Morgan fingerprint density at radius 2 is 1.17 bits per heavy atom. The molecule has 1 atom stereocenters. The molecule has 0 aromatic carbocycles. The van der Waals surface area contributed by atoms with E-state index < -0.39 is 0 Å². The number of ether oxygens (including phenoxy) is 1. The molecule has 0 aliphatic rings. The molecule has 142 valence electrons. The van der Waals surface area contributed by atoms with Gasteiger partial charge in [0.25, 0.3) is 0 Å². The molecule has 0 spiro atoms. The Morgan fingerprint density at radius 1 is 0.708 bits per heavy atom. The SMILES string of the molecule is CCCCCCCCCC(=O)OC(=O)CCCCCCC(C)CC. The topological polar surface area (TPSA) is 43.4 Å². The molecule has 0 heterocycles. The van der Waals surface area contributed by atoms with E-state index in [1.807, 2.05) is 0 Å². The summed E-state index contributed by atoms with van der Waals surface area (Å²) in [5, 5.41) is 0. The van der Waals surface area contributed by atoms with E-state index in [0.717, 1.165) is 31.6 Å². The molecule has 0 aliphatic heterocycles. The molecule has 3 nitrogen and oxygen atoms in total. The van der Waals surface area contributed by atoms with E-state index >= 15 is 0 Å². The molecule has 0 aliphatic carbocycles. The molecule has 0 aromatic rings. The molecule has 0 saturated carbocycles. The van der Waals surface area contributed by atoms with E-state index in [-0.39, 0.29) is 11.9 Å². The van der Waals surface area contributed by atoms with Crippen LogP contribution >= 0.6 is 0 Å². The van der Waals surface area contributed by atoms with Crippen molar-refractivity contribution in [3.05, 3.63) is 0 Å². The van der Waals surface area contributed by atoms with Gasteiger partial charge in [0.15, 0.2) is 0 Å². The van der Waals surface area contributed by atoms with Crippen molar-refractivity contribution >= 4 is 11.9 Å². The third kappa shape index (κ3) is 16.0. The first-order chi connectivity index (χ1) is 11.6. The van der Waals surface area contributed by atoms with Crippen molar-refractivity contribution in [3.63, 3.8) is 0 Å². The molecule has 3 heteroatoms. The normalized spacial score (nSPS) is 12.1. The van der Waals surface area contributed by atoms with E-state index in [0.29, 0.717) is 12.8 Å². The van der Waals surface area contributed by atoms with Crippen LogP contribution in [0.15, 0.2) is 0 Å². The maximum Gasteiger partial charge on any atom is 0.313 e. The quantitative estimate of drug-likeness (QED) is 0.181. The van der Waals surface area contributed by atoms with Crippen molar-refractivity contribution < 1.29 is 14.3 Å². The summed E-state index contributed by atoms with van der Waals surface area (Å²) in [5.74, 6) is 0.120. The van der Waals surface area contributed by atoms with E-state index in [4.69, 9.17) is 4.74 Å². The van der Waals surface area contributed by atoms with Gasteiger partial charge in [0.2, 0.25) is 0 Å². The van der Waals surface area contributed by atoms with Gasteiger partial charge in [-0.05, 0) is 18.8 Å². The highest BCUT2D eigenvalue weighted by Crippen LogP contribution is 2.14. The summed E-state index contributed by atoms with van der Waals surface area (Å²) in [5.41, 5.74) is 0. The number of rotatable bonds is 16. The highest BCUT2D eigenvalue weighted by atomic mass is 16.6. The predicted octanol–water partition coefficient (Wildman–Crippen LogP) is 6.58. The minimum atomic E-state index is -0.343. The van der Waals surface area contributed by atoms with E-state index in [9.17, 15) is 9.59 Å². The Hall–Kier alpha value is -0.860. The zero-order chi connectivity index (χ0) is 18.0. The van der Waals surface area contributed by atoms with Crippen LogP contribution in [-0.4, -0.2) is 11.9 Å². The Kier molecular flexibility index (Phi) is 16.4. The molecule has 24 heavy (non-hydrogen) atoms. The lowest BCUT2D eigenvalue weighted by Gasteiger charge is -2.07. The van der Waals surface area contributed by atoms with Crippen LogP contribution in [0.3, 0.4) is 0 Å². The molecule has 0 amide bonds. The van der Waals surface area contributed by atoms with Crippen LogP contribution in [0.25, 0.3) is 0 Å². The van der Waals surface area contributed by atoms with Crippen molar-refractivity contribution in [2.45, 2.75) is 117 Å². The van der Waals surface area contributed by atoms with Gasteiger partial charge in [-0.15, -0.1) is 0 Å². The highest BCUT2D eigenvalue weighted by molar-refractivity contribution is 5.85. The fraction of sp³-hybridized carbons (Fsp3) is 0.905. The Morgan fingerprint density at radius 3 is 1.67 bits per heavy atom. The lowest BCUT2D eigenvalue weighted by Crippen LogP contribution is -2.11. The number of hydrogen-bond acceptors (Lipinski definition) is 3. The maximum atomic E-state index is 11.6. The Labute approximate surface area is 149 Å². The molecule has 0 saturated heterocycles. The second-order valence-electron chi connectivity index (χ2n) is 7.18. The van der Waals surface area contributed by atoms with Gasteiger partial charge in [-0.25, -0.2) is 0 Å². The first kappa shape index (κ1) is 23.1. The number of carbonyl (C=O) groups is 2. The van der Waals surface area contributed by atoms with Gasteiger partial charge < -0.3 is 4.74 Å². The summed E-state index contributed by atoms with van der Waals surface area (Å²) < 4.78 is 4.88. The summed E-state index contributed by atoms with van der Waals surface area (Å²) in [6.45, 7) is 6.72. The molecular weight excluding hydrogens is 300 g/mol. The van der Waals surface area contributed by atoms with Crippen molar-refractivity contribution in [2.75, 3.05) is 0 Å². The summed E-state index contributed by atoms with van der Waals surface area (Å²) in [4.78, 5) is 23.2. The number of esters is 2. The van der Waals surface area contributed by atoms with Gasteiger partial charge in [-0.3, -0.25) is 9.59 Å². The van der Waals surface area contributed by atoms with E-state index in [1.165, 1.54) is 57.8 Å². The summed E-state index contributed by atoms with van der Waals surface area (Å²) >= 11 is 0. The molecule has 0 bridgehead atoms. The van der Waals surface area contributed by atoms with Gasteiger partial charge in [0.1, 0.15) is 0 Å². The minimum absolute atomic E-state index is 0.342. The Bertz CT molecular complexity index is 312. The van der Waals surface area contributed by atoms with Crippen molar-refractivity contribution in [2.24, 2.45) is 5.92 Å². The zero-order valence-electron chi connectivity index (χ0n) is 16.4. The summed E-state index contributed by atoms with van der Waals surface area (Å²) in [6, 6.07) is 0. The third-order valence-electron chi connectivity index (χ3n) is 4.74.